The Kier molecular flexibility index (Phi) is 5.89. The van der Waals surface area contributed by atoms with E-state index in [0.717, 1.165) is 16.7 Å². The Hall–Kier alpha value is -3.13. The molecule has 2 rings (SSSR count). The van der Waals surface area contributed by atoms with Crippen molar-refractivity contribution in [2.24, 2.45) is 0 Å². The van der Waals surface area contributed by atoms with Crippen molar-refractivity contribution in [2.75, 3.05) is 6.54 Å². The van der Waals surface area contributed by atoms with E-state index in [-0.39, 0.29) is 6.61 Å². The minimum absolute atomic E-state index is 0.245. The van der Waals surface area contributed by atoms with Gasteiger partial charge in [-0.05, 0) is 29.7 Å². The van der Waals surface area contributed by atoms with Crippen LogP contribution in [0, 0.1) is 18.3 Å². The van der Waals surface area contributed by atoms with Gasteiger partial charge in [0.2, 0.25) is 0 Å². The molecule has 5 nitrogen and oxygen atoms in total. The maximum atomic E-state index is 11.5. The van der Waals surface area contributed by atoms with E-state index in [1.807, 2.05) is 55.5 Å². The van der Waals surface area contributed by atoms with Crippen LogP contribution in [0.1, 0.15) is 22.4 Å². The highest BCUT2D eigenvalue weighted by Crippen LogP contribution is 2.08. The molecule has 0 atom stereocenters. The highest BCUT2D eigenvalue weighted by Gasteiger charge is 2.01. The van der Waals surface area contributed by atoms with Crippen molar-refractivity contribution < 1.29 is 9.53 Å². The van der Waals surface area contributed by atoms with Crippen LogP contribution < -0.4 is 5.32 Å². The summed E-state index contributed by atoms with van der Waals surface area (Å²) in [5, 5.41) is 11.5. The lowest BCUT2D eigenvalue weighted by Crippen LogP contribution is -2.24. The van der Waals surface area contributed by atoms with Crippen molar-refractivity contribution in [3.63, 3.8) is 0 Å². The lowest BCUT2D eigenvalue weighted by atomic mass is 10.1. The molecule has 2 aromatic rings. The van der Waals surface area contributed by atoms with Crippen LogP contribution in [0.3, 0.4) is 0 Å². The van der Waals surface area contributed by atoms with Gasteiger partial charge in [0.1, 0.15) is 18.4 Å². The molecular weight excluding hydrogens is 290 g/mol. The molecule has 1 amide bonds. The van der Waals surface area contributed by atoms with Crippen molar-refractivity contribution in [2.45, 2.75) is 13.5 Å². The molecule has 116 valence electrons. The number of pyridine rings is 1. The maximum Gasteiger partial charge on any atom is 0.407 e. The number of rotatable bonds is 5. The fraction of sp³-hybridized carbons (Fsp3) is 0.167. The second-order valence-corrected chi connectivity index (χ2v) is 4.89. The van der Waals surface area contributed by atoms with Gasteiger partial charge in [-0.2, -0.15) is 5.26 Å². The standard InChI is InChI=1S/C18H17N3O2/c1-14-10-16(12-21-17(14)11-19)8-5-9-20-18(22)23-13-15-6-3-2-4-7-15/h2-8,10,12H,9,13H2,1H3,(H,20,22). The summed E-state index contributed by atoms with van der Waals surface area (Å²) < 4.78 is 5.10. The average molecular weight is 307 g/mol. The summed E-state index contributed by atoms with van der Waals surface area (Å²) in [5.41, 5.74) is 3.06. The van der Waals surface area contributed by atoms with Gasteiger partial charge in [-0.15, -0.1) is 0 Å². The minimum Gasteiger partial charge on any atom is -0.445 e. The van der Waals surface area contributed by atoms with E-state index in [1.54, 1.807) is 12.3 Å². The Bertz CT molecular complexity index is 734. The normalized spacial score (nSPS) is 10.3. The monoisotopic (exact) mass is 307 g/mol. The molecule has 0 aliphatic carbocycles. The molecule has 1 heterocycles. The van der Waals surface area contributed by atoms with E-state index in [2.05, 4.69) is 10.3 Å². The zero-order chi connectivity index (χ0) is 16.5. The molecule has 23 heavy (non-hydrogen) atoms. The molecule has 0 aliphatic heterocycles. The number of alkyl carbamates (subject to hydrolysis) is 1. The molecule has 0 unspecified atom stereocenters. The first-order chi connectivity index (χ1) is 11.2. The zero-order valence-electron chi connectivity index (χ0n) is 12.8. The summed E-state index contributed by atoms with van der Waals surface area (Å²) in [4.78, 5) is 15.6. The minimum atomic E-state index is -0.465. The summed E-state index contributed by atoms with van der Waals surface area (Å²) in [6, 6.07) is 13.4. The van der Waals surface area contributed by atoms with Gasteiger partial charge in [0.15, 0.2) is 0 Å². The molecule has 1 N–H and O–H groups in total. The number of hydrogen-bond donors (Lipinski definition) is 1. The van der Waals surface area contributed by atoms with Gasteiger partial charge in [-0.1, -0.05) is 42.5 Å². The van der Waals surface area contributed by atoms with Gasteiger partial charge >= 0.3 is 6.09 Å². The number of nitrogens with one attached hydrogen (secondary N) is 1. The molecule has 0 fully saturated rings. The number of carbonyl (C=O) groups is 1. The van der Waals surface area contributed by atoms with E-state index in [0.29, 0.717) is 12.2 Å². The Balaban J connectivity index is 1.75. The molecule has 0 spiro atoms. The van der Waals surface area contributed by atoms with Crippen LogP contribution in [-0.2, 0) is 11.3 Å². The Morgan fingerprint density at radius 3 is 2.87 bits per heavy atom. The molecule has 5 heteroatoms. The zero-order valence-corrected chi connectivity index (χ0v) is 12.8. The van der Waals surface area contributed by atoms with Crippen LogP contribution in [0.2, 0.25) is 0 Å². The van der Waals surface area contributed by atoms with Gasteiger partial charge < -0.3 is 10.1 Å². The topological polar surface area (TPSA) is 75.0 Å². The molecule has 0 radical (unpaired) electrons. The summed E-state index contributed by atoms with van der Waals surface area (Å²) >= 11 is 0. The number of hydrogen-bond acceptors (Lipinski definition) is 4. The fourth-order valence-electron chi connectivity index (χ4n) is 1.92. The number of aromatic nitrogens is 1. The van der Waals surface area contributed by atoms with Crippen LogP contribution in [0.15, 0.2) is 48.7 Å². The van der Waals surface area contributed by atoms with Crippen LogP contribution in [0.25, 0.3) is 6.08 Å². The Morgan fingerprint density at radius 2 is 2.17 bits per heavy atom. The SMILES string of the molecule is Cc1cc(C=CCNC(=O)OCc2ccccc2)cnc1C#N. The first-order valence-corrected chi connectivity index (χ1v) is 7.17. The van der Waals surface area contributed by atoms with Crippen molar-refractivity contribution >= 4 is 12.2 Å². The van der Waals surface area contributed by atoms with Crippen molar-refractivity contribution in [3.05, 3.63) is 71.1 Å². The number of nitriles is 1. The Morgan fingerprint density at radius 1 is 1.39 bits per heavy atom. The molecule has 0 aliphatic rings. The lowest BCUT2D eigenvalue weighted by molar-refractivity contribution is 0.141. The van der Waals surface area contributed by atoms with Crippen LogP contribution in [-0.4, -0.2) is 17.6 Å². The number of nitrogens with zero attached hydrogens (tertiary/aromatic N) is 2. The lowest BCUT2D eigenvalue weighted by Gasteiger charge is -2.05. The predicted octanol–water partition coefficient (Wildman–Crippen LogP) is 3.20. The number of ether oxygens (including phenoxy) is 1. The molecule has 1 aromatic heterocycles. The van der Waals surface area contributed by atoms with E-state index < -0.39 is 6.09 Å². The smallest absolute Gasteiger partial charge is 0.407 e. The first kappa shape index (κ1) is 16.2. The van der Waals surface area contributed by atoms with Crippen LogP contribution in [0.4, 0.5) is 4.79 Å². The van der Waals surface area contributed by atoms with Crippen molar-refractivity contribution in [1.29, 1.82) is 5.26 Å². The van der Waals surface area contributed by atoms with E-state index in [1.165, 1.54) is 0 Å². The number of benzene rings is 1. The highest BCUT2D eigenvalue weighted by atomic mass is 16.5. The molecule has 1 aromatic carbocycles. The molecule has 0 saturated heterocycles. The third kappa shape index (κ3) is 5.29. The van der Waals surface area contributed by atoms with Gasteiger partial charge in [-0.25, -0.2) is 9.78 Å². The summed E-state index contributed by atoms with van der Waals surface area (Å²) in [6.07, 6.45) is 4.79. The second-order valence-electron chi connectivity index (χ2n) is 4.89. The van der Waals surface area contributed by atoms with Crippen LogP contribution in [0.5, 0.6) is 0 Å². The quantitative estimate of drug-likeness (QED) is 0.920. The maximum absolute atomic E-state index is 11.5. The average Bonchev–Trinajstić information content (AvgIpc) is 2.58. The number of aryl methyl sites for hydroxylation is 1. The van der Waals surface area contributed by atoms with Gasteiger partial charge in [0, 0.05) is 12.7 Å². The van der Waals surface area contributed by atoms with E-state index in [9.17, 15) is 4.79 Å². The molecule has 0 bridgehead atoms. The highest BCUT2D eigenvalue weighted by molar-refractivity contribution is 5.67. The third-order valence-electron chi connectivity index (χ3n) is 3.09. The fourth-order valence-corrected chi connectivity index (χ4v) is 1.92. The predicted molar refractivity (Wildman–Crippen MR) is 87.4 cm³/mol. The molecule has 0 saturated carbocycles. The van der Waals surface area contributed by atoms with Crippen molar-refractivity contribution in [3.8, 4) is 6.07 Å². The first-order valence-electron chi connectivity index (χ1n) is 7.17. The van der Waals surface area contributed by atoms with Gasteiger partial charge in [0.05, 0.1) is 0 Å². The number of amides is 1. The summed E-state index contributed by atoms with van der Waals surface area (Å²) in [7, 11) is 0. The van der Waals surface area contributed by atoms with E-state index >= 15 is 0 Å². The van der Waals surface area contributed by atoms with Gasteiger partial charge in [-0.3, -0.25) is 0 Å². The Labute approximate surface area is 135 Å². The van der Waals surface area contributed by atoms with Crippen LogP contribution >= 0.6 is 0 Å². The third-order valence-corrected chi connectivity index (χ3v) is 3.09. The van der Waals surface area contributed by atoms with Crippen molar-refractivity contribution in [1.82, 2.24) is 10.3 Å². The van der Waals surface area contributed by atoms with Gasteiger partial charge in [0.25, 0.3) is 0 Å². The largest absolute Gasteiger partial charge is 0.445 e. The summed E-state index contributed by atoms with van der Waals surface area (Å²) in [5.74, 6) is 0. The second kappa shape index (κ2) is 8.35. The van der Waals surface area contributed by atoms with E-state index in [4.69, 9.17) is 10.00 Å². The molecular formula is C18H17N3O2. The summed E-state index contributed by atoms with van der Waals surface area (Å²) in [6.45, 7) is 2.43. The number of carbonyl (C=O) groups excluding carboxylic acids is 1.